The van der Waals surface area contributed by atoms with E-state index in [2.05, 4.69) is 20.8 Å². The second-order valence-corrected chi connectivity index (χ2v) is 3.91. The molecule has 98 valence electrons. The van der Waals surface area contributed by atoms with E-state index < -0.39 is 0 Å². The van der Waals surface area contributed by atoms with Gasteiger partial charge in [0.25, 0.3) is 0 Å². The average molecular weight is 261 g/mol. The molecule has 0 saturated heterocycles. The number of aromatic nitrogens is 4. The van der Waals surface area contributed by atoms with E-state index in [4.69, 9.17) is 9.47 Å². The molecule has 0 radical (unpaired) electrons. The number of nitrogens with one attached hydrogen (secondary N) is 1. The predicted octanol–water partition coefficient (Wildman–Crippen LogP) is 0.0830. The lowest BCUT2D eigenvalue weighted by Crippen LogP contribution is -2.20. The maximum Gasteiger partial charge on any atom is 0.246 e. The molecular weight excluding hydrogens is 250 g/mol. The van der Waals surface area contributed by atoms with Gasteiger partial charge >= 0.3 is 0 Å². The lowest BCUT2D eigenvalue weighted by molar-refractivity contribution is -0.116. The molecule has 8 heteroatoms. The summed E-state index contributed by atoms with van der Waals surface area (Å²) >= 11 is 0. The molecule has 1 aliphatic rings. The smallest absolute Gasteiger partial charge is 0.246 e. The van der Waals surface area contributed by atoms with E-state index in [-0.39, 0.29) is 12.5 Å². The molecule has 0 saturated carbocycles. The van der Waals surface area contributed by atoms with Crippen LogP contribution >= 0.6 is 0 Å². The molecule has 1 aliphatic heterocycles. The van der Waals surface area contributed by atoms with Gasteiger partial charge in [-0.25, -0.2) is 4.68 Å². The van der Waals surface area contributed by atoms with Crippen LogP contribution in [-0.4, -0.2) is 39.3 Å². The van der Waals surface area contributed by atoms with Crippen molar-refractivity contribution >= 4 is 11.6 Å². The highest BCUT2D eigenvalue weighted by Gasteiger charge is 2.13. The summed E-state index contributed by atoms with van der Waals surface area (Å²) in [4.78, 5) is 11.7. The van der Waals surface area contributed by atoms with E-state index >= 15 is 0 Å². The summed E-state index contributed by atoms with van der Waals surface area (Å²) in [6.45, 7) is 1.11. The standard InChI is InChI=1S/C11H11N5O3/c17-11(6-16-7-12-14-15-16)13-8-1-2-9-10(5-8)19-4-3-18-9/h1-2,5,7H,3-4,6H2,(H,13,17). The van der Waals surface area contributed by atoms with Gasteiger partial charge in [-0.15, -0.1) is 5.10 Å². The fourth-order valence-corrected chi connectivity index (χ4v) is 1.72. The van der Waals surface area contributed by atoms with E-state index in [0.717, 1.165) is 0 Å². The van der Waals surface area contributed by atoms with E-state index in [9.17, 15) is 4.79 Å². The minimum Gasteiger partial charge on any atom is -0.486 e. The zero-order chi connectivity index (χ0) is 13.1. The van der Waals surface area contributed by atoms with Gasteiger partial charge in [0.05, 0.1) is 0 Å². The maximum absolute atomic E-state index is 11.7. The van der Waals surface area contributed by atoms with Gasteiger partial charge < -0.3 is 14.8 Å². The Hall–Kier alpha value is -2.64. The van der Waals surface area contributed by atoms with Crippen LogP contribution < -0.4 is 14.8 Å². The monoisotopic (exact) mass is 261 g/mol. The number of ether oxygens (including phenoxy) is 2. The van der Waals surface area contributed by atoms with Gasteiger partial charge in [0.1, 0.15) is 26.1 Å². The quantitative estimate of drug-likeness (QED) is 0.841. The summed E-state index contributed by atoms with van der Waals surface area (Å²) in [6, 6.07) is 5.25. The Morgan fingerprint density at radius 1 is 1.32 bits per heavy atom. The van der Waals surface area contributed by atoms with Gasteiger partial charge in [0, 0.05) is 11.8 Å². The fourth-order valence-electron chi connectivity index (χ4n) is 1.72. The van der Waals surface area contributed by atoms with Crippen molar-refractivity contribution in [2.45, 2.75) is 6.54 Å². The summed E-state index contributed by atoms with van der Waals surface area (Å²) in [5.41, 5.74) is 0.641. The molecule has 8 nitrogen and oxygen atoms in total. The molecule has 2 aromatic rings. The number of benzene rings is 1. The molecule has 1 N–H and O–H groups in total. The molecule has 2 heterocycles. The number of hydrogen-bond acceptors (Lipinski definition) is 6. The van der Waals surface area contributed by atoms with Crippen molar-refractivity contribution in [2.24, 2.45) is 0 Å². The number of tetrazole rings is 1. The topological polar surface area (TPSA) is 91.2 Å². The molecule has 0 unspecified atom stereocenters. The Balaban J connectivity index is 1.67. The SMILES string of the molecule is O=C(Cn1cnnn1)Nc1ccc2c(c1)OCCO2. The molecule has 0 aliphatic carbocycles. The molecule has 0 fully saturated rings. The average Bonchev–Trinajstić information content (AvgIpc) is 2.91. The van der Waals surface area contributed by atoms with Crippen LogP contribution in [0.1, 0.15) is 0 Å². The molecule has 1 aromatic heterocycles. The number of rotatable bonds is 3. The van der Waals surface area contributed by atoms with Gasteiger partial charge in [-0.05, 0) is 22.6 Å². The Labute approximate surface area is 108 Å². The minimum absolute atomic E-state index is 0.0570. The van der Waals surface area contributed by atoms with Crippen molar-refractivity contribution in [2.75, 3.05) is 18.5 Å². The molecular formula is C11H11N5O3. The zero-order valence-corrected chi connectivity index (χ0v) is 9.94. The first-order valence-electron chi connectivity index (χ1n) is 5.71. The number of carbonyl (C=O) groups excluding carboxylic acids is 1. The van der Waals surface area contributed by atoms with Crippen LogP contribution in [0.3, 0.4) is 0 Å². The van der Waals surface area contributed by atoms with Gasteiger partial charge in [-0.1, -0.05) is 0 Å². The van der Waals surface area contributed by atoms with Crippen LogP contribution in [-0.2, 0) is 11.3 Å². The highest BCUT2D eigenvalue weighted by atomic mass is 16.6. The zero-order valence-electron chi connectivity index (χ0n) is 9.94. The van der Waals surface area contributed by atoms with E-state index in [1.165, 1.54) is 11.0 Å². The number of anilines is 1. The second kappa shape index (κ2) is 4.92. The first kappa shape index (κ1) is 11.5. The van der Waals surface area contributed by atoms with Crippen molar-refractivity contribution in [1.82, 2.24) is 20.2 Å². The summed E-state index contributed by atoms with van der Waals surface area (Å²) in [5, 5.41) is 13.3. The largest absolute Gasteiger partial charge is 0.486 e. The first-order valence-corrected chi connectivity index (χ1v) is 5.71. The number of amides is 1. The van der Waals surface area contributed by atoms with E-state index in [0.29, 0.717) is 30.4 Å². The van der Waals surface area contributed by atoms with Crippen molar-refractivity contribution in [3.05, 3.63) is 24.5 Å². The van der Waals surface area contributed by atoms with Crippen LogP contribution in [0.5, 0.6) is 11.5 Å². The molecule has 19 heavy (non-hydrogen) atoms. The van der Waals surface area contributed by atoms with Crippen molar-refractivity contribution < 1.29 is 14.3 Å². The molecule has 1 amide bonds. The highest BCUT2D eigenvalue weighted by molar-refractivity contribution is 5.90. The maximum atomic E-state index is 11.7. The van der Waals surface area contributed by atoms with Crippen molar-refractivity contribution in [3.8, 4) is 11.5 Å². The van der Waals surface area contributed by atoms with Gasteiger partial charge in [0.2, 0.25) is 5.91 Å². The van der Waals surface area contributed by atoms with Crippen LogP contribution in [0.15, 0.2) is 24.5 Å². The van der Waals surface area contributed by atoms with Crippen LogP contribution in [0, 0.1) is 0 Å². The minimum atomic E-state index is -0.219. The molecule has 0 spiro atoms. The third kappa shape index (κ3) is 2.62. The number of carbonyl (C=O) groups is 1. The second-order valence-electron chi connectivity index (χ2n) is 3.91. The molecule has 1 aromatic carbocycles. The fraction of sp³-hybridized carbons (Fsp3) is 0.273. The number of nitrogens with zero attached hydrogens (tertiary/aromatic N) is 4. The first-order chi connectivity index (χ1) is 9.31. The Morgan fingerprint density at radius 2 is 2.16 bits per heavy atom. The van der Waals surface area contributed by atoms with E-state index in [1.807, 2.05) is 0 Å². The number of fused-ring (bicyclic) bond motifs is 1. The molecule has 0 bridgehead atoms. The normalized spacial score (nSPS) is 13.1. The molecule has 3 rings (SSSR count). The highest BCUT2D eigenvalue weighted by Crippen LogP contribution is 2.32. The summed E-state index contributed by atoms with van der Waals surface area (Å²) in [5.74, 6) is 1.10. The van der Waals surface area contributed by atoms with E-state index in [1.54, 1.807) is 18.2 Å². The third-order valence-corrected chi connectivity index (χ3v) is 2.52. The van der Waals surface area contributed by atoms with Gasteiger partial charge in [-0.2, -0.15) is 0 Å². The Bertz CT molecular complexity index is 584. The summed E-state index contributed by atoms with van der Waals surface area (Å²) in [7, 11) is 0. The van der Waals surface area contributed by atoms with Crippen LogP contribution in [0.4, 0.5) is 5.69 Å². The third-order valence-electron chi connectivity index (χ3n) is 2.52. The molecule has 0 atom stereocenters. The lowest BCUT2D eigenvalue weighted by Gasteiger charge is -2.18. The summed E-state index contributed by atoms with van der Waals surface area (Å²) in [6.07, 6.45) is 1.38. The Morgan fingerprint density at radius 3 is 2.95 bits per heavy atom. The van der Waals surface area contributed by atoms with Gasteiger partial charge in [-0.3, -0.25) is 4.79 Å². The van der Waals surface area contributed by atoms with Crippen molar-refractivity contribution in [3.63, 3.8) is 0 Å². The van der Waals surface area contributed by atoms with Crippen LogP contribution in [0.25, 0.3) is 0 Å². The lowest BCUT2D eigenvalue weighted by atomic mass is 10.2. The van der Waals surface area contributed by atoms with Gasteiger partial charge in [0.15, 0.2) is 11.5 Å². The van der Waals surface area contributed by atoms with Crippen LogP contribution in [0.2, 0.25) is 0 Å². The van der Waals surface area contributed by atoms with Crippen molar-refractivity contribution in [1.29, 1.82) is 0 Å². The Kier molecular flexibility index (Phi) is 2.97. The predicted molar refractivity (Wildman–Crippen MR) is 63.9 cm³/mol. The summed E-state index contributed by atoms with van der Waals surface area (Å²) < 4.78 is 12.2. The number of hydrogen-bond donors (Lipinski definition) is 1.